The van der Waals surface area contributed by atoms with Gasteiger partial charge in [0.15, 0.2) is 9.84 Å². The molecule has 0 fully saturated rings. The van der Waals surface area contributed by atoms with Crippen molar-refractivity contribution >= 4 is 15.5 Å². The van der Waals surface area contributed by atoms with Gasteiger partial charge in [-0.2, -0.15) is 13.2 Å². The summed E-state index contributed by atoms with van der Waals surface area (Å²) in [6, 6.07) is 2.65. The van der Waals surface area contributed by atoms with Gasteiger partial charge in [-0.15, -0.1) is 0 Å². The molecule has 1 aromatic carbocycles. The van der Waals surface area contributed by atoms with E-state index in [-0.39, 0.29) is 11.4 Å². The van der Waals surface area contributed by atoms with Crippen LogP contribution in [0.5, 0.6) is 0 Å². The first-order chi connectivity index (χ1) is 7.18. The maximum Gasteiger partial charge on any atom is 0.417 e. The summed E-state index contributed by atoms with van der Waals surface area (Å²) in [6.45, 7) is 1.28. The van der Waals surface area contributed by atoms with Crippen LogP contribution in [-0.2, 0) is 16.0 Å². The second-order valence-electron chi connectivity index (χ2n) is 3.16. The maximum atomic E-state index is 12.6. The summed E-state index contributed by atoms with van der Waals surface area (Å²) < 4.78 is 60.6. The lowest BCUT2D eigenvalue weighted by atomic mass is 10.2. The molecule has 1 rings (SSSR count). The van der Waals surface area contributed by atoms with Crippen LogP contribution in [0.25, 0.3) is 0 Å². The van der Waals surface area contributed by atoms with Crippen molar-refractivity contribution in [2.45, 2.75) is 18.0 Å². The molecule has 1 aromatic rings. The molecule has 0 heterocycles. The highest BCUT2D eigenvalue weighted by molar-refractivity contribution is 7.91. The van der Waals surface area contributed by atoms with Crippen LogP contribution >= 0.6 is 0 Å². The fraction of sp³-hybridized carbons (Fsp3) is 0.333. The summed E-state index contributed by atoms with van der Waals surface area (Å²) in [6.07, 6.45) is -4.73. The Labute approximate surface area is 91.0 Å². The van der Waals surface area contributed by atoms with Crippen LogP contribution in [0.4, 0.5) is 18.9 Å². The lowest BCUT2D eigenvalue weighted by Gasteiger charge is -2.13. The molecular formula is C9H10F3NO2S. The zero-order valence-corrected chi connectivity index (χ0v) is 9.19. The molecule has 0 saturated carbocycles. The van der Waals surface area contributed by atoms with Gasteiger partial charge in [-0.25, -0.2) is 8.42 Å². The van der Waals surface area contributed by atoms with Gasteiger partial charge >= 0.3 is 6.18 Å². The molecule has 3 nitrogen and oxygen atoms in total. The van der Waals surface area contributed by atoms with Crippen LogP contribution in [0.3, 0.4) is 0 Å². The van der Waals surface area contributed by atoms with Crippen molar-refractivity contribution in [1.29, 1.82) is 0 Å². The van der Waals surface area contributed by atoms with Crippen LogP contribution in [0, 0.1) is 0 Å². The van der Waals surface area contributed by atoms with Crippen LogP contribution in [0.15, 0.2) is 23.1 Å². The van der Waals surface area contributed by atoms with E-state index < -0.39 is 26.5 Å². The molecule has 16 heavy (non-hydrogen) atoms. The molecule has 0 aliphatic heterocycles. The van der Waals surface area contributed by atoms with Gasteiger partial charge in [0.2, 0.25) is 0 Å². The third-order valence-corrected chi connectivity index (χ3v) is 3.81. The highest BCUT2D eigenvalue weighted by Gasteiger charge is 2.36. The molecule has 2 N–H and O–H groups in total. The Morgan fingerprint density at radius 1 is 1.31 bits per heavy atom. The summed E-state index contributed by atoms with van der Waals surface area (Å²) >= 11 is 0. The highest BCUT2D eigenvalue weighted by Crippen LogP contribution is 2.35. The molecule has 7 heteroatoms. The van der Waals surface area contributed by atoms with E-state index in [0.29, 0.717) is 6.07 Å². The second-order valence-corrected chi connectivity index (χ2v) is 5.40. The molecule has 0 unspecified atom stereocenters. The monoisotopic (exact) mass is 253 g/mol. The van der Waals surface area contributed by atoms with E-state index in [1.807, 2.05) is 0 Å². The minimum absolute atomic E-state index is 0.123. The number of nitrogens with two attached hydrogens (primary N) is 1. The maximum absolute atomic E-state index is 12.6. The van der Waals surface area contributed by atoms with Crippen LogP contribution in [-0.4, -0.2) is 14.2 Å². The summed E-state index contributed by atoms with van der Waals surface area (Å²) in [5.41, 5.74) is 3.88. The molecule has 0 saturated heterocycles. The van der Waals surface area contributed by atoms with Gasteiger partial charge in [0, 0.05) is 5.69 Å². The fourth-order valence-corrected chi connectivity index (χ4v) is 2.29. The molecule has 0 amide bonds. The number of hydrogen-bond acceptors (Lipinski definition) is 3. The van der Waals surface area contributed by atoms with E-state index in [0.717, 1.165) is 12.1 Å². The van der Waals surface area contributed by atoms with Crippen molar-refractivity contribution in [2.75, 3.05) is 11.5 Å². The van der Waals surface area contributed by atoms with Crippen LogP contribution in [0.1, 0.15) is 12.5 Å². The Morgan fingerprint density at radius 2 is 1.88 bits per heavy atom. The van der Waals surface area contributed by atoms with Gasteiger partial charge in [0.25, 0.3) is 0 Å². The molecule has 0 aliphatic rings. The average molecular weight is 253 g/mol. The van der Waals surface area contributed by atoms with E-state index in [4.69, 9.17) is 5.73 Å². The first kappa shape index (κ1) is 12.8. The Bertz CT molecular complexity index is 494. The largest absolute Gasteiger partial charge is 0.417 e. The normalized spacial score (nSPS) is 12.8. The summed E-state index contributed by atoms with van der Waals surface area (Å²) in [5.74, 6) is -0.389. The number of halogens is 3. The SMILES string of the molecule is CCS(=O)(=O)c1ccc(N)cc1C(F)(F)F. The summed E-state index contributed by atoms with van der Waals surface area (Å²) in [7, 11) is -3.90. The molecule has 0 bridgehead atoms. The van der Waals surface area contributed by atoms with Crippen molar-refractivity contribution in [3.63, 3.8) is 0 Å². The minimum Gasteiger partial charge on any atom is -0.399 e. The first-order valence-corrected chi connectivity index (χ1v) is 6.03. The third kappa shape index (κ3) is 2.46. The van der Waals surface area contributed by atoms with Gasteiger partial charge in [0.05, 0.1) is 16.2 Å². The number of anilines is 1. The Balaban J connectivity index is 3.53. The Hall–Kier alpha value is -1.24. The van der Waals surface area contributed by atoms with E-state index in [1.165, 1.54) is 6.92 Å². The molecule has 0 spiro atoms. The van der Waals surface area contributed by atoms with Crippen LogP contribution < -0.4 is 5.73 Å². The molecule has 90 valence electrons. The van der Waals surface area contributed by atoms with Gasteiger partial charge in [0.1, 0.15) is 0 Å². The second kappa shape index (κ2) is 3.97. The number of benzene rings is 1. The number of alkyl halides is 3. The molecular weight excluding hydrogens is 243 g/mol. The van der Waals surface area contributed by atoms with Crippen molar-refractivity contribution in [3.05, 3.63) is 23.8 Å². The topological polar surface area (TPSA) is 60.2 Å². The molecule has 0 radical (unpaired) electrons. The van der Waals surface area contributed by atoms with Gasteiger partial charge in [-0.1, -0.05) is 6.92 Å². The predicted molar refractivity (Wildman–Crippen MR) is 53.6 cm³/mol. The Morgan fingerprint density at radius 3 is 2.31 bits per heavy atom. The molecule has 0 atom stereocenters. The first-order valence-electron chi connectivity index (χ1n) is 4.38. The fourth-order valence-electron chi connectivity index (χ4n) is 1.20. The van der Waals surface area contributed by atoms with Crippen molar-refractivity contribution in [2.24, 2.45) is 0 Å². The molecule has 0 aliphatic carbocycles. The zero-order chi connectivity index (χ0) is 12.6. The van der Waals surface area contributed by atoms with Crippen molar-refractivity contribution < 1.29 is 21.6 Å². The van der Waals surface area contributed by atoms with E-state index >= 15 is 0 Å². The zero-order valence-electron chi connectivity index (χ0n) is 8.38. The summed E-state index contributed by atoms with van der Waals surface area (Å²) in [5, 5.41) is 0. The van der Waals surface area contributed by atoms with E-state index in [9.17, 15) is 21.6 Å². The lowest BCUT2D eigenvalue weighted by Crippen LogP contribution is -2.15. The quantitative estimate of drug-likeness (QED) is 0.821. The van der Waals surface area contributed by atoms with E-state index in [2.05, 4.69) is 0 Å². The predicted octanol–water partition coefficient (Wildman–Crippen LogP) is 2.08. The van der Waals surface area contributed by atoms with Crippen molar-refractivity contribution in [3.8, 4) is 0 Å². The Kier molecular flexibility index (Phi) is 3.18. The average Bonchev–Trinajstić information content (AvgIpc) is 2.16. The number of nitrogen functional groups attached to an aromatic ring is 1. The summed E-state index contributed by atoms with van der Waals surface area (Å²) in [4.78, 5) is -0.725. The van der Waals surface area contributed by atoms with Gasteiger partial charge in [-0.05, 0) is 18.2 Å². The smallest absolute Gasteiger partial charge is 0.399 e. The third-order valence-electron chi connectivity index (χ3n) is 2.02. The van der Waals surface area contributed by atoms with Gasteiger partial charge in [-0.3, -0.25) is 0 Å². The van der Waals surface area contributed by atoms with Crippen molar-refractivity contribution in [1.82, 2.24) is 0 Å². The number of rotatable bonds is 2. The minimum atomic E-state index is -4.73. The molecule has 0 aromatic heterocycles. The number of hydrogen-bond donors (Lipinski definition) is 1. The highest BCUT2D eigenvalue weighted by atomic mass is 32.2. The van der Waals surface area contributed by atoms with Crippen LogP contribution in [0.2, 0.25) is 0 Å². The van der Waals surface area contributed by atoms with Gasteiger partial charge < -0.3 is 5.73 Å². The standard InChI is InChI=1S/C9H10F3NO2S/c1-2-16(14,15)8-4-3-6(13)5-7(8)9(10,11)12/h3-5H,2,13H2,1H3. The van der Waals surface area contributed by atoms with E-state index in [1.54, 1.807) is 0 Å². The lowest BCUT2D eigenvalue weighted by molar-refractivity contribution is -0.139. The number of sulfone groups is 1.